The molecular weight excluding hydrogens is 319 g/mol. The third-order valence-electron chi connectivity index (χ3n) is 3.22. The fourth-order valence-electron chi connectivity index (χ4n) is 2.22. The van der Waals surface area contributed by atoms with E-state index in [1.807, 2.05) is 0 Å². The molecule has 0 aliphatic carbocycles. The first-order valence-electron chi connectivity index (χ1n) is 6.47. The van der Waals surface area contributed by atoms with Gasteiger partial charge >= 0.3 is 0 Å². The summed E-state index contributed by atoms with van der Waals surface area (Å²) in [5, 5.41) is 9.76. The summed E-state index contributed by atoms with van der Waals surface area (Å²) in [7, 11) is 0. The Labute approximate surface area is 137 Å². The molecule has 6 heteroatoms. The molecule has 0 fully saturated rings. The molecule has 2 heterocycles. The maximum absolute atomic E-state index is 8.75. The highest BCUT2D eigenvalue weighted by Crippen LogP contribution is 2.35. The lowest BCUT2D eigenvalue weighted by molar-refractivity contribution is 1.14. The van der Waals surface area contributed by atoms with Crippen LogP contribution in [-0.4, -0.2) is 9.97 Å². The van der Waals surface area contributed by atoms with Crippen molar-refractivity contribution in [1.82, 2.24) is 9.97 Å². The lowest BCUT2D eigenvalue weighted by Gasteiger charge is -2.09. The van der Waals surface area contributed by atoms with E-state index >= 15 is 0 Å². The lowest BCUT2D eigenvalue weighted by Crippen LogP contribution is -1.98. The zero-order chi connectivity index (χ0) is 15.7. The predicted octanol–water partition coefficient (Wildman–Crippen LogP) is 4.25. The molecule has 108 valence electrons. The topological polar surface area (TPSA) is 75.6 Å². The van der Waals surface area contributed by atoms with Gasteiger partial charge in [-0.15, -0.1) is 0 Å². The second-order valence-electron chi connectivity index (χ2n) is 4.70. The number of benzene rings is 1. The quantitative estimate of drug-likeness (QED) is 0.762. The van der Waals surface area contributed by atoms with Gasteiger partial charge in [0.2, 0.25) is 0 Å². The number of nitrogen functional groups attached to an aromatic ring is 1. The van der Waals surface area contributed by atoms with Crippen LogP contribution in [0.1, 0.15) is 5.69 Å². The van der Waals surface area contributed by atoms with Gasteiger partial charge in [-0.2, -0.15) is 5.26 Å². The molecule has 4 nitrogen and oxygen atoms in total. The van der Waals surface area contributed by atoms with Crippen molar-refractivity contribution in [1.29, 1.82) is 5.26 Å². The molecule has 0 aliphatic rings. The Hall–Kier alpha value is -2.35. The summed E-state index contributed by atoms with van der Waals surface area (Å²) in [5.74, 6) is 0. The fraction of sp³-hybridized carbons (Fsp3) is 0.0625. The maximum atomic E-state index is 8.75. The molecule has 0 spiro atoms. The SMILES string of the molecule is N#CCc1ccc2nc(-c3c(Cl)cccc3Cl)cc(N)c2n1. The first-order chi connectivity index (χ1) is 10.6. The number of anilines is 1. The summed E-state index contributed by atoms with van der Waals surface area (Å²) < 4.78 is 0. The highest BCUT2D eigenvalue weighted by Gasteiger charge is 2.13. The minimum absolute atomic E-state index is 0.230. The van der Waals surface area contributed by atoms with Crippen molar-refractivity contribution in [3.05, 3.63) is 52.1 Å². The third kappa shape index (κ3) is 2.57. The van der Waals surface area contributed by atoms with Crippen LogP contribution >= 0.6 is 23.2 Å². The summed E-state index contributed by atoms with van der Waals surface area (Å²) in [6.45, 7) is 0. The summed E-state index contributed by atoms with van der Waals surface area (Å²) in [6, 6.07) is 12.6. The molecular formula is C16H10Cl2N4. The van der Waals surface area contributed by atoms with E-state index in [0.717, 1.165) is 0 Å². The number of fused-ring (bicyclic) bond motifs is 1. The molecule has 0 saturated heterocycles. The Kier molecular flexibility index (Phi) is 3.84. The Bertz CT molecular complexity index is 896. The Morgan fingerprint density at radius 3 is 2.50 bits per heavy atom. The highest BCUT2D eigenvalue weighted by molar-refractivity contribution is 6.39. The normalized spacial score (nSPS) is 10.6. The Balaban J connectivity index is 2.22. The van der Waals surface area contributed by atoms with Crippen LogP contribution in [0.15, 0.2) is 36.4 Å². The number of nitriles is 1. The molecule has 1 aromatic carbocycles. The van der Waals surface area contributed by atoms with Crippen LogP contribution in [0.2, 0.25) is 10.0 Å². The number of rotatable bonds is 2. The van der Waals surface area contributed by atoms with E-state index in [2.05, 4.69) is 16.0 Å². The van der Waals surface area contributed by atoms with Gasteiger partial charge in [0, 0.05) is 5.56 Å². The molecule has 22 heavy (non-hydrogen) atoms. The number of pyridine rings is 2. The van der Waals surface area contributed by atoms with Crippen LogP contribution in [0, 0.1) is 11.3 Å². The van der Waals surface area contributed by atoms with Gasteiger partial charge in [-0.25, -0.2) is 9.97 Å². The molecule has 0 atom stereocenters. The standard InChI is InChI=1S/C16H10Cl2N4/c17-10-2-1-3-11(18)15(10)14-8-12(20)16-13(22-14)5-4-9(21-16)6-7-19/h1-5,8H,6H2,(H2,20,22). The monoisotopic (exact) mass is 328 g/mol. The van der Waals surface area contributed by atoms with E-state index in [1.165, 1.54) is 0 Å². The van der Waals surface area contributed by atoms with Crippen molar-refractivity contribution in [2.45, 2.75) is 6.42 Å². The van der Waals surface area contributed by atoms with Crippen LogP contribution < -0.4 is 5.73 Å². The van der Waals surface area contributed by atoms with Crippen LogP contribution in [0.25, 0.3) is 22.3 Å². The van der Waals surface area contributed by atoms with E-state index in [1.54, 1.807) is 36.4 Å². The van der Waals surface area contributed by atoms with Crippen molar-refractivity contribution < 1.29 is 0 Å². The minimum Gasteiger partial charge on any atom is -0.397 e. The zero-order valence-electron chi connectivity index (χ0n) is 11.3. The van der Waals surface area contributed by atoms with Gasteiger partial charge in [-0.3, -0.25) is 0 Å². The van der Waals surface area contributed by atoms with E-state index in [9.17, 15) is 0 Å². The average molecular weight is 329 g/mol. The zero-order valence-corrected chi connectivity index (χ0v) is 12.9. The number of hydrogen-bond donors (Lipinski definition) is 1. The number of hydrogen-bond acceptors (Lipinski definition) is 4. The molecule has 2 N–H and O–H groups in total. The van der Waals surface area contributed by atoms with Crippen molar-refractivity contribution in [3.63, 3.8) is 0 Å². The molecule has 3 aromatic rings. The minimum atomic E-state index is 0.230. The first-order valence-corrected chi connectivity index (χ1v) is 7.23. The largest absolute Gasteiger partial charge is 0.397 e. The second kappa shape index (κ2) is 5.80. The van der Waals surface area contributed by atoms with Crippen molar-refractivity contribution in [2.75, 3.05) is 5.73 Å². The van der Waals surface area contributed by atoms with Crippen LogP contribution in [-0.2, 0) is 6.42 Å². The van der Waals surface area contributed by atoms with Crippen LogP contribution in [0.3, 0.4) is 0 Å². The molecule has 0 aliphatic heterocycles. The summed E-state index contributed by atoms with van der Waals surface area (Å²) in [6.07, 6.45) is 0.230. The smallest absolute Gasteiger partial charge is 0.112 e. The van der Waals surface area contributed by atoms with Gasteiger partial charge in [-0.05, 0) is 30.3 Å². The molecule has 0 bridgehead atoms. The van der Waals surface area contributed by atoms with E-state index in [-0.39, 0.29) is 6.42 Å². The van der Waals surface area contributed by atoms with E-state index in [0.29, 0.717) is 43.7 Å². The van der Waals surface area contributed by atoms with Gasteiger partial charge in [0.25, 0.3) is 0 Å². The molecule has 0 saturated carbocycles. The van der Waals surface area contributed by atoms with Gasteiger partial charge in [0.15, 0.2) is 0 Å². The van der Waals surface area contributed by atoms with Gasteiger partial charge in [0.05, 0.1) is 45.1 Å². The number of nitrogens with zero attached hydrogens (tertiary/aromatic N) is 3. The summed E-state index contributed by atoms with van der Waals surface area (Å²) >= 11 is 12.4. The Morgan fingerprint density at radius 1 is 1.09 bits per heavy atom. The van der Waals surface area contributed by atoms with Crippen molar-refractivity contribution in [3.8, 4) is 17.3 Å². The number of halogens is 2. The fourth-order valence-corrected chi connectivity index (χ4v) is 2.81. The average Bonchev–Trinajstić information content (AvgIpc) is 2.48. The summed E-state index contributed by atoms with van der Waals surface area (Å²) in [5.41, 5.74) is 9.65. The van der Waals surface area contributed by atoms with Gasteiger partial charge in [0.1, 0.15) is 5.52 Å². The van der Waals surface area contributed by atoms with Crippen molar-refractivity contribution >= 4 is 39.9 Å². The lowest BCUT2D eigenvalue weighted by atomic mass is 10.1. The molecule has 2 aromatic heterocycles. The number of nitrogens with two attached hydrogens (primary N) is 1. The maximum Gasteiger partial charge on any atom is 0.112 e. The highest BCUT2D eigenvalue weighted by atomic mass is 35.5. The second-order valence-corrected chi connectivity index (χ2v) is 5.51. The molecule has 3 rings (SSSR count). The Morgan fingerprint density at radius 2 is 1.82 bits per heavy atom. The summed E-state index contributed by atoms with van der Waals surface area (Å²) in [4.78, 5) is 8.90. The molecule has 0 unspecified atom stereocenters. The van der Waals surface area contributed by atoms with Gasteiger partial charge in [-0.1, -0.05) is 29.3 Å². The van der Waals surface area contributed by atoms with Gasteiger partial charge < -0.3 is 5.73 Å². The van der Waals surface area contributed by atoms with Crippen LogP contribution in [0.5, 0.6) is 0 Å². The predicted molar refractivity (Wildman–Crippen MR) is 88.7 cm³/mol. The van der Waals surface area contributed by atoms with Crippen molar-refractivity contribution in [2.24, 2.45) is 0 Å². The van der Waals surface area contributed by atoms with Crippen LogP contribution in [0.4, 0.5) is 5.69 Å². The van der Waals surface area contributed by atoms with E-state index in [4.69, 9.17) is 34.2 Å². The molecule has 0 amide bonds. The van der Waals surface area contributed by atoms with E-state index < -0.39 is 0 Å². The molecule has 0 radical (unpaired) electrons. The third-order valence-corrected chi connectivity index (χ3v) is 3.85. The number of aromatic nitrogens is 2. The first kappa shape index (κ1) is 14.6.